The fourth-order valence-electron chi connectivity index (χ4n) is 2.44. The maximum Gasteiger partial charge on any atom is 0.128 e. The molecule has 2 rings (SSSR count). The van der Waals surface area contributed by atoms with Crippen LogP contribution in [-0.2, 0) is 0 Å². The molecule has 3 heteroatoms. The Morgan fingerprint density at radius 1 is 1.24 bits per heavy atom. The summed E-state index contributed by atoms with van der Waals surface area (Å²) in [6.07, 6.45) is 6.61. The minimum atomic E-state index is -0.254. The van der Waals surface area contributed by atoms with Gasteiger partial charge in [-0.15, -0.1) is 0 Å². The normalized spacial score (nSPS) is 16.8. The second kappa shape index (κ2) is 5.89. The van der Waals surface area contributed by atoms with E-state index >= 15 is 0 Å². The molecule has 0 aromatic heterocycles. The fourth-order valence-corrected chi connectivity index (χ4v) is 2.44. The van der Waals surface area contributed by atoms with Gasteiger partial charge >= 0.3 is 0 Å². The number of benzene rings is 1. The molecule has 0 saturated heterocycles. The molecule has 0 bridgehead atoms. The van der Waals surface area contributed by atoms with Crippen LogP contribution in [0.2, 0.25) is 0 Å². The molecule has 0 heterocycles. The molecule has 17 heavy (non-hydrogen) atoms. The maximum absolute atomic E-state index is 13.3. The van der Waals surface area contributed by atoms with Crippen molar-refractivity contribution in [3.63, 3.8) is 0 Å². The number of ether oxygens (including phenoxy) is 1. The lowest BCUT2D eigenvalue weighted by Crippen LogP contribution is -2.17. The number of hydrogen-bond acceptors (Lipinski definition) is 2. The molecule has 0 radical (unpaired) electrons. The summed E-state index contributed by atoms with van der Waals surface area (Å²) in [4.78, 5) is 0. The Bertz CT molecular complexity index is 361. The quantitative estimate of drug-likeness (QED) is 0.859. The molecule has 1 fully saturated rings. The van der Waals surface area contributed by atoms with Crippen molar-refractivity contribution in [2.24, 2.45) is 5.92 Å². The van der Waals surface area contributed by atoms with Crippen molar-refractivity contribution in [1.29, 1.82) is 0 Å². The van der Waals surface area contributed by atoms with E-state index in [1.807, 2.05) is 6.07 Å². The van der Waals surface area contributed by atoms with Gasteiger partial charge in [0.05, 0.1) is 7.11 Å². The average Bonchev–Trinajstić information content (AvgIpc) is 2.37. The van der Waals surface area contributed by atoms with Crippen molar-refractivity contribution in [2.45, 2.75) is 32.1 Å². The van der Waals surface area contributed by atoms with Gasteiger partial charge in [-0.05, 0) is 24.8 Å². The predicted octanol–water partition coefficient (Wildman–Crippen LogP) is 3.83. The molecule has 1 aromatic rings. The maximum atomic E-state index is 13.3. The van der Waals surface area contributed by atoms with E-state index in [1.54, 1.807) is 7.11 Å². The molecule has 0 unspecified atom stereocenters. The van der Waals surface area contributed by atoms with Gasteiger partial charge in [0.2, 0.25) is 0 Å². The van der Waals surface area contributed by atoms with Gasteiger partial charge in [0.25, 0.3) is 0 Å². The van der Waals surface area contributed by atoms with Gasteiger partial charge in [0.1, 0.15) is 11.6 Å². The lowest BCUT2D eigenvalue weighted by molar-refractivity contribution is 0.373. The summed E-state index contributed by atoms with van der Waals surface area (Å²) in [6.45, 7) is 0.937. The van der Waals surface area contributed by atoms with Crippen LogP contribution in [0, 0.1) is 11.7 Å². The summed E-state index contributed by atoms with van der Waals surface area (Å²) in [5.41, 5.74) is 0.812. The van der Waals surface area contributed by atoms with Crippen LogP contribution in [0.4, 0.5) is 10.1 Å². The molecule has 1 N–H and O–H groups in total. The van der Waals surface area contributed by atoms with Crippen LogP contribution in [0.25, 0.3) is 0 Å². The van der Waals surface area contributed by atoms with Gasteiger partial charge < -0.3 is 10.1 Å². The molecule has 0 aliphatic heterocycles. The van der Waals surface area contributed by atoms with E-state index in [0.717, 1.165) is 18.2 Å². The molecule has 1 aliphatic rings. The van der Waals surface area contributed by atoms with Gasteiger partial charge in [-0.25, -0.2) is 4.39 Å². The average molecular weight is 237 g/mol. The van der Waals surface area contributed by atoms with Crippen molar-refractivity contribution < 1.29 is 9.13 Å². The SMILES string of the molecule is COc1cc(F)cc(NCC2CCCCC2)c1. The van der Waals surface area contributed by atoms with Crippen LogP contribution in [-0.4, -0.2) is 13.7 Å². The first-order chi connectivity index (χ1) is 8.28. The number of anilines is 1. The molecule has 1 aromatic carbocycles. The smallest absolute Gasteiger partial charge is 0.128 e. The predicted molar refractivity (Wildman–Crippen MR) is 68.0 cm³/mol. The van der Waals surface area contributed by atoms with Crippen LogP contribution in [0.3, 0.4) is 0 Å². The van der Waals surface area contributed by atoms with Crippen molar-refractivity contribution in [1.82, 2.24) is 0 Å². The lowest BCUT2D eigenvalue weighted by atomic mass is 9.89. The van der Waals surface area contributed by atoms with E-state index < -0.39 is 0 Å². The summed E-state index contributed by atoms with van der Waals surface area (Å²) in [6, 6.07) is 4.75. The van der Waals surface area contributed by atoms with Gasteiger partial charge in [-0.1, -0.05) is 19.3 Å². The standard InChI is InChI=1S/C14H20FNO/c1-17-14-8-12(15)7-13(9-14)16-10-11-5-3-2-4-6-11/h7-9,11,16H,2-6,10H2,1H3. The second-order valence-corrected chi connectivity index (χ2v) is 4.76. The highest BCUT2D eigenvalue weighted by Crippen LogP contribution is 2.25. The van der Waals surface area contributed by atoms with Gasteiger partial charge in [0, 0.05) is 24.4 Å². The monoisotopic (exact) mass is 237 g/mol. The van der Waals surface area contributed by atoms with E-state index in [4.69, 9.17) is 4.74 Å². The summed E-state index contributed by atoms with van der Waals surface area (Å²) in [7, 11) is 1.56. The van der Waals surface area contributed by atoms with E-state index in [2.05, 4.69) is 5.32 Å². The zero-order valence-electron chi connectivity index (χ0n) is 10.3. The Kier molecular flexibility index (Phi) is 4.24. The van der Waals surface area contributed by atoms with Crippen molar-refractivity contribution in [2.75, 3.05) is 19.0 Å². The van der Waals surface area contributed by atoms with Crippen LogP contribution < -0.4 is 10.1 Å². The number of nitrogens with one attached hydrogen (secondary N) is 1. The summed E-state index contributed by atoms with van der Waals surface area (Å²) in [5, 5.41) is 3.31. The fraction of sp³-hybridized carbons (Fsp3) is 0.571. The molecule has 0 spiro atoms. The number of rotatable bonds is 4. The van der Waals surface area contributed by atoms with Crippen molar-refractivity contribution >= 4 is 5.69 Å². The topological polar surface area (TPSA) is 21.3 Å². The lowest BCUT2D eigenvalue weighted by Gasteiger charge is -2.22. The minimum absolute atomic E-state index is 0.254. The van der Waals surface area contributed by atoms with Gasteiger partial charge in [-0.2, -0.15) is 0 Å². The molecule has 94 valence electrons. The second-order valence-electron chi connectivity index (χ2n) is 4.76. The Hall–Kier alpha value is -1.25. The van der Waals surface area contributed by atoms with Crippen LogP contribution >= 0.6 is 0 Å². The molecular formula is C14H20FNO. The zero-order chi connectivity index (χ0) is 12.1. The number of hydrogen-bond donors (Lipinski definition) is 1. The Morgan fingerprint density at radius 3 is 2.71 bits per heavy atom. The molecular weight excluding hydrogens is 217 g/mol. The van der Waals surface area contributed by atoms with Crippen LogP contribution in [0.5, 0.6) is 5.75 Å². The van der Waals surface area contributed by atoms with Crippen molar-refractivity contribution in [3.05, 3.63) is 24.0 Å². The first-order valence-electron chi connectivity index (χ1n) is 6.36. The Morgan fingerprint density at radius 2 is 2.00 bits per heavy atom. The molecule has 0 atom stereocenters. The Labute approximate surface area is 102 Å². The van der Waals surface area contributed by atoms with E-state index in [0.29, 0.717) is 5.75 Å². The third-order valence-electron chi connectivity index (χ3n) is 3.43. The Balaban J connectivity index is 1.91. The highest BCUT2D eigenvalue weighted by atomic mass is 19.1. The van der Waals surface area contributed by atoms with E-state index in [1.165, 1.54) is 44.2 Å². The van der Waals surface area contributed by atoms with Crippen LogP contribution in [0.1, 0.15) is 32.1 Å². The van der Waals surface area contributed by atoms with Crippen molar-refractivity contribution in [3.8, 4) is 5.75 Å². The van der Waals surface area contributed by atoms with Gasteiger partial charge in [0.15, 0.2) is 0 Å². The molecule has 2 nitrogen and oxygen atoms in total. The number of methoxy groups -OCH3 is 1. The largest absolute Gasteiger partial charge is 0.497 e. The summed E-state index contributed by atoms with van der Waals surface area (Å²) >= 11 is 0. The van der Waals surface area contributed by atoms with Crippen LogP contribution in [0.15, 0.2) is 18.2 Å². The molecule has 1 aliphatic carbocycles. The highest BCUT2D eigenvalue weighted by molar-refractivity contribution is 5.48. The van der Waals surface area contributed by atoms with Gasteiger partial charge in [-0.3, -0.25) is 0 Å². The molecule has 1 saturated carbocycles. The third-order valence-corrected chi connectivity index (χ3v) is 3.43. The summed E-state index contributed by atoms with van der Waals surface area (Å²) < 4.78 is 18.3. The minimum Gasteiger partial charge on any atom is -0.497 e. The van der Waals surface area contributed by atoms with E-state index in [9.17, 15) is 4.39 Å². The summed E-state index contributed by atoms with van der Waals surface area (Å²) in [5.74, 6) is 1.05. The first-order valence-corrected chi connectivity index (χ1v) is 6.36. The first kappa shape index (κ1) is 12.2. The third kappa shape index (κ3) is 3.62. The number of halogens is 1. The molecule has 0 amide bonds. The zero-order valence-corrected chi connectivity index (χ0v) is 10.3. The highest BCUT2D eigenvalue weighted by Gasteiger charge is 2.13. The van der Waals surface area contributed by atoms with E-state index in [-0.39, 0.29) is 5.82 Å².